The summed E-state index contributed by atoms with van der Waals surface area (Å²) in [5, 5.41) is 8.77. The molecule has 3 rings (SSSR count). The van der Waals surface area contributed by atoms with Gasteiger partial charge in [-0.05, 0) is 57.9 Å². The minimum atomic E-state index is -0.156. The molecule has 2 amide bonds. The lowest BCUT2D eigenvalue weighted by atomic mass is 10.1. The second kappa shape index (κ2) is 9.71. The number of anilines is 2. The molecule has 142 valence electrons. The molecular formula is C22H20BrN3O2. The lowest BCUT2D eigenvalue weighted by Gasteiger charge is -2.10. The average Bonchev–Trinajstić information content (AvgIpc) is 2.73. The molecule has 3 N–H and O–H groups in total. The summed E-state index contributed by atoms with van der Waals surface area (Å²) in [7, 11) is 0. The van der Waals surface area contributed by atoms with Gasteiger partial charge in [0.1, 0.15) is 0 Å². The number of carbonyl (C=O) groups excluding carboxylic acids is 2. The van der Waals surface area contributed by atoms with E-state index in [1.54, 1.807) is 24.3 Å². The molecule has 0 unspecified atom stereocenters. The van der Waals surface area contributed by atoms with Crippen molar-refractivity contribution in [3.8, 4) is 0 Å². The van der Waals surface area contributed by atoms with Gasteiger partial charge in [0.25, 0.3) is 5.91 Å². The highest BCUT2D eigenvalue weighted by Crippen LogP contribution is 2.21. The number of rotatable bonds is 7. The molecule has 0 bridgehead atoms. The molecule has 6 heteroatoms. The fraction of sp³-hybridized carbons (Fsp3) is 0.0909. The Balaban J connectivity index is 1.48. The van der Waals surface area contributed by atoms with Crippen molar-refractivity contribution >= 4 is 39.1 Å². The summed E-state index contributed by atoms with van der Waals surface area (Å²) in [6.07, 6.45) is 0. The van der Waals surface area contributed by atoms with Crippen LogP contribution in [0.15, 0.2) is 83.3 Å². The molecule has 0 aromatic heterocycles. The van der Waals surface area contributed by atoms with Crippen LogP contribution in [-0.4, -0.2) is 18.4 Å². The first kappa shape index (κ1) is 19.6. The Bertz CT molecular complexity index is 944. The topological polar surface area (TPSA) is 70.2 Å². The van der Waals surface area contributed by atoms with Crippen LogP contribution in [0.25, 0.3) is 0 Å². The third-order valence-electron chi connectivity index (χ3n) is 4.04. The molecule has 0 aliphatic rings. The van der Waals surface area contributed by atoms with Gasteiger partial charge in [0.15, 0.2) is 0 Å². The molecular weight excluding hydrogens is 418 g/mol. The first-order valence-corrected chi connectivity index (χ1v) is 9.61. The number of halogens is 1. The van der Waals surface area contributed by atoms with Gasteiger partial charge in [0.2, 0.25) is 5.91 Å². The predicted octanol–water partition coefficient (Wildman–Crippen LogP) is 4.43. The van der Waals surface area contributed by atoms with Crippen molar-refractivity contribution < 1.29 is 9.59 Å². The number of nitrogens with one attached hydrogen (secondary N) is 3. The van der Waals surface area contributed by atoms with Crippen molar-refractivity contribution in [2.75, 3.05) is 17.2 Å². The third kappa shape index (κ3) is 5.69. The quantitative estimate of drug-likeness (QED) is 0.511. The predicted molar refractivity (Wildman–Crippen MR) is 115 cm³/mol. The number of hydrogen-bond acceptors (Lipinski definition) is 3. The second-order valence-electron chi connectivity index (χ2n) is 6.13. The van der Waals surface area contributed by atoms with Gasteiger partial charge in [-0.3, -0.25) is 9.59 Å². The molecule has 0 radical (unpaired) electrons. The zero-order chi connectivity index (χ0) is 19.8. The van der Waals surface area contributed by atoms with Crippen LogP contribution < -0.4 is 16.0 Å². The lowest BCUT2D eigenvalue weighted by molar-refractivity contribution is -0.114. The molecule has 0 heterocycles. The molecule has 28 heavy (non-hydrogen) atoms. The summed E-state index contributed by atoms with van der Waals surface area (Å²) in [4.78, 5) is 24.3. The van der Waals surface area contributed by atoms with E-state index in [-0.39, 0.29) is 18.4 Å². The number of hydrogen-bond donors (Lipinski definition) is 3. The highest BCUT2D eigenvalue weighted by atomic mass is 79.9. The summed E-state index contributed by atoms with van der Waals surface area (Å²) in [5.74, 6) is -0.293. The van der Waals surface area contributed by atoms with Crippen LogP contribution in [0.3, 0.4) is 0 Å². The Morgan fingerprint density at radius 2 is 1.50 bits per heavy atom. The highest BCUT2D eigenvalue weighted by molar-refractivity contribution is 9.10. The van der Waals surface area contributed by atoms with Crippen LogP contribution in [0, 0.1) is 0 Å². The van der Waals surface area contributed by atoms with Gasteiger partial charge in [0, 0.05) is 22.3 Å². The zero-order valence-corrected chi connectivity index (χ0v) is 16.7. The minimum absolute atomic E-state index is 0.126. The standard InChI is InChI=1S/C22H20BrN3O2/c23-19-8-4-5-9-20(19)26-21(27)15-24-18-12-10-17(11-13-18)22(28)25-14-16-6-2-1-3-7-16/h1-13,24H,14-15H2,(H,25,28)(H,26,27). The summed E-state index contributed by atoms with van der Waals surface area (Å²) in [5.41, 5.74) is 3.10. The van der Waals surface area contributed by atoms with E-state index in [1.165, 1.54) is 0 Å². The lowest BCUT2D eigenvalue weighted by Crippen LogP contribution is -2.23. The Kier molecular flexibility index (Phi) is 6.81. The van der Waals surface area contributed by atoms with E-state index in [4.69, 9.17) is 0 Å². The van der Waals surface area contributed by atoms with Gasteiger partial charge in [-0.2, -0.15) is 0 Å². The summed E-state index contributed by atoms with van der Waals surface area (Å²) < 4.78 is 0.828. The molecule has 0 aliphatic heterocycles. The Hall–Kier alpha value is -3.12. The average molecular weight is 438 g/mol. The van der Waals surface area contributed by atoms with Crippen molar-refractivity contribution in [2.24, 2.45) is 0 Å². The van der Waals surface area contributed by atoms with Crippen LogP contribution >= 0.6 is 15.9 Å². The smallest absolute Gasteiger partial charge is 0.251 e. The minimum Gasteiger partial charge on any atom is -0.376 e. The van der Waals surface area contributed by atoms with E-state index >= 15 is 0 Å². The zero-order valence-electron chi connectivity index (χ0n) is 15.1. The fourth-order valence-electron chi connectivity index (χ4n) is 2.56. The first-order valence-electron chi connectivity index (χ1n) is 8.82. The van der Waals surface area contributed by atoms with Gasteiger partial charge in [0.05, 0.1) is 12.2 Å². The molecule has 0 fully saturated rings. The summed E-state index contributed by atoms with van der Waals surface area (Å²) >= 11 is 3.40. The van der Waals surface area contributed by atoms with E-state index in [0.717, 1.165) is 21.4 Å². The first-order chi connectivity index (χ1) is 13.6. The third-order valence-corrected chi connectivity index (χ3v) is 4.74. The molecule has 3 aromatic rings. The van der Waals surface area contributed by atoms with Crippen LogP contribution in [0.5, 0.6) is 0 Å². The molecule has 0 saturated carbocycles. The molecule has 3 aromatic carbocycles. The largest absolute Gasteiger partial charge is 0.376 e. The Morgan fingerprint density at radius 3 is 2.21 bits per heavy atom. The van der Waals surface area contributed by atoms with E-state index in [9.17, 15) is 9.59 Å². The molecule has 0 spiro atoms. The van der Waals surface area contributed by atoms with Crippen molar-refractivity contribution in [1.29, 1.82) is 0 Å². The van der Waals surface area contributed by atoms with Gasteiger partial charge in [-0.25, -0.2) is 0 Å². The summed E-state index contributed by atoms with van der Waals surface area (Å²) in [6, 6.07) is 24.2. The number of carbonyl (C=O) groups is 2. The maximum absolute atomic E-state index is 12.2. The second-order valence-corrected chi connectivity index (χ2v) is 6.98. The van der Waals surface area contributed by atoms with Crippen LogP contribution in [-0.2, 0) is 11.3 Å². The Labute approximate surface area is 172 Å². The maximum atomic E-state index is 12.2. The molecule has 0 saturated heterocycles. The van der Waals surface area contributed by atoms with Crippen molar-refractivity contribution in [3.63, 3.8) is 0 Å². The molecule has 0 aliphatic carbocycles. The van der Waals surface area contributed by atoms with Crippen molar-refractivity contribution in [3.05, 3.63) is 94.5 Å². The highest BCUT2D eigenvalue weighted by Gasteiger charge is 2.07. The normalized spacial score (nSPS) is 10.2. The van der Waals surface area contributed by atoms with Crippen LogP contribution in [0.2, 0.25) is 0 Å². The SMILES string of the molecule is O=C(CNc1ccc(C(=O)NCc2ccccc2)cc1)Nc1ccccc1Br. The number of benzene rings is 3. The maximum Gasteiger partial charge on any atom is 0.251 e. The number of amides is 2. The van der Waals surface area contributed by atoms with Crippen LogP contribution in [0.1, 0.15) is 15.9 Å². The molecule has 5 nitrogen and oxygen atoms in total. The van der Waals surface area contributed by atoms with Gasteiger partial charge in [-0.1, -0.05) is 42.5 Å². The van der Waals surface area contributed by atoms with Crippen LogP contribution in [0.4, 0.5) is 11.4 Å². The van der Waals surface area contributed by atoms with Crippen molar-refractivity contribution in [2.45, 2.75) is 6.54 Å². The fourth-order valence-corrected chi connectivity index (χ4v) is 2.94. The van der Waals surface area contributed by atoms with E-state index in [2.05, 4.69) is 31.9 Å². The number of para-hydroxylation sites is 1. The van der Waals surface area contributed by atoms with E-state index < -0.39 is 0 Å². The van der Waals surface area contributed by atoms with Gasteiger partial charge in [-0.15, -0.1) is 0 Å². The monoisotopic (exact) mass is 437 g/mol. The van der Waals surface area contributed by atoms with E-state index in [1.807, 2.05) is 54.6 Å². The van der Waals surface area contributed by atoms with Gasteiger partial charge >= 0.3 is 0 Å². The Morgan fingerprint density at radius 1 is 0.821 bits per heavy atom. The van der Waals surface area contributed by atoms with Gasteiger partial charge < -0.3 is 16.0 Å². The summed E-state index contributed by atoms with van der Waals surface area (Å²) in [6.45, 7) is 0.607. The molecule has 0 atom stereocenters. The van der Waals surface area contributed by atoms with E-state index in [0.29, 0.717) is 12.1 Å². The van der Waals surface area contributed by atoms with Crippen molar-refractivity contribution in [1.82, 2.24) is 5.32 Å².